The second-order valence-corrected chi connectivity index (χ2v) is 2.97. The van der Waals surface area contributed by atoms with Crippen molar-refractivity contribution in [2.24, 2.45) is 5.73 Å². The van der Waals surface area contributed by atoms with E-state index in [0.717, 1.165) is 0 Å². The number of amides is 1. The summed E-state index contributed by atoms with van der Waals surface area (Å²) in [6.45, 7) is -0.166. The number of carbonyl (C=O) groups is 1. The highest BCUT2D eigenvalue weighted by atomic mass is 16.3. The van der Waals surface area contributed by atoms with E-state index in [1.165, 1.54) is 6.20 Å². The third kappa shape index (κ3) is 2.97. The van der Waals surface area contributed by atoms with Crippen molar-refractivity contribution < 1.29 is 15.0 Å². The molecule has 0 aliphatic heterocycles. The molecule has 1 amide bonds. The van der Waals surface area contributed by atoms with Crippen molar-refractivity contribution in [3.8, 4) is 0 Å². The molecule has 0 bridgehead atoms. The van der Waals surface area contributed by atoms with E-state index >= 15 is 0 Å². The van der Waals surface area contributed by atoms with Crippen molar-refractivity contribution in [2.75, 3.05) is 13.2 Å². The zero-order chi connectivity index (χ0) is 11.3. The molecular formula is C9H13N3O3. The first-order chi connectivity index (χ1) is 7.19. The Bertz CT molecular complexity index is 354. The van der Waals surface area contributed by atoms with Crippen LogP contribution in [0.1, 0.15) is 21.9 Å². The van der Waals surface area contributed by atoms with Crippen LogP contribution in [0.2, 0.25) is 0 Å². The number of carbonyl (C=O) groups excluding carboxylic acids is 1. The normalized spacial score (nSPS) is 10.3. The molecule has 15 heavy (non-hydrogen) atoms. The molecule has 4 N–H and O–H groups in total. The Morgan fingerprint density at radius 2 is 2.00 bits per heavy atom. The van der Waals surface area contributed by atoms with E-state index in [9.17, 15) is 4.79 Å². The van der Waals surface area contributed by atoms with Crippen molar-refractivity contribution in [3.63, 3.8) is 0 Å². The molecule has 6 heteroatoms. The predicted molar refractivity (Wildman–Crippen MR) is 52.1 cm³/mol. The van der Waals surface area contributed by atoms with Crippen molar-refractivity contribution in [3.05, 3.63) is 23.3 Å². The van der Waals surface area contributed by atoms with Crippen molar-refractivity contribution >= 4 is 5.91 Å². The second kappa shape index (κ2) is 5.38. The summed E-state index contributed by atoms with van der Waals surface area (Å²) < 4.78 is 0. The molecule has 0 saturated heterocycles. The van der Waals surface area contributed by atoms with Crippen molar-refractivity contribution in [2.45, 2.75) is 12.8 Å². The van der Waals surface area contributed by atoms with Crippen LogP contribution in [0.4, 0.5) is 0 Å². The third-order valence-corrected chi connectivity index (χ3v) is 1.84. The first-order valence-corrected chi connectivity index (χ1v) is 4.55. The van der Waals surface area contributed by atoms with Gasteiger partial charge in [-0.1, -0.05) is 0 Å². The van der Waals surface area contributed by atoms with Gasteiger partial charge in [-0.15, -0.1) is 0 Å². The zero-order valence-electron chi connectivity index (χ0n) is 8.18. The molecule has 1 aromatic rings. The third-order valence-electron chi connectivity index (χ3n) is 1.84. The Kier molecular flexibility index (Phi) is 4.14. The van der Waals surface area contributed by atoms with E-state index < -0.39 is 5.91 Å². The summed E-state index contributed by atoms with van der Waals surface area (Å²) in [5.41, 5.74) is 6.12. The first kappa shape index (κ1) is 11.5. The van der Waals surface area contributed by atoms with Crippen LogP contribution in [0.25, 0.3) is 0 Å². The van der Waals surface area contributed by atoms with Gasteiger partial charge in [-0.2, -0.15) is 0 Å². The number of aromatic nitrogens is 2. The lowest BCUT2D eigenvalue weighted by molar-refractivity contribution is 0.0994. The number of nitrogens with zero attached hydrogens (tertiary/aromatic N) is 2. The summed E-state index contributed by atoms with van der Waals surface area (Å²) in [6.07, 6.45) is 1.99. The Labute approximate surface area is 86.8 Å². The molecule has 0 saturated carbocycles. The van der Waals surface area contributed by atoms with Crippen LogP contribution in [0.5, 0.6) is 0 Å². The van der Waals surface area contributed by atoms with Gasteiger partial charge >= 0.3 is 0 Å². The largest absolute Gasteiger partial charge is 0.396 e. The molecule has 0 spiro atoms. The van der Waals surface area contributed by atoms with Gasteiger partial charge in [0.15, 0.2) is 0 Å². The fourth-order valence-electron chi connectivity index (χ4n) is 1.19. The summed E-state index contributed by atoms with van der Waals surface area (Å²) in [6, 6.07) is 0. The molecule has 1 rings (SSSR count). The lowest BCUT2D eigenvalue weighted by atomic mass is 10.2. The molecule has 0 atom stereocenters. The Hall–Kier alpha value is -1.53. The van der Waals surface area contributed by atoms with Gasteiger partial charge in [0.05, 0.1) is 11.4 Å². The summed E-state index contributed by atoms with van der Waals surface area (Å²) in [5, 5.41) is 17.5. The van der Waals surface area contributed by atoms with E-state index in [-0.39, 0.29) is 25.3 Å². The van der Waals surface area contributed by atoms with E-state index in [2.05, 4.69) is 9.97 Å². The lowest BCUT2D eigenvalue weighted by Gasteiger charge is -2.05. The summed E-state index contributed by atoms with van der Waals surface area (Å²) in [5.74, 6) is -0.665. The van der Waals surface area contributed by atoms with E-state index in [0.29, 0.717) is 17.8 Å². The maximum Gasteiger partial charge on any atom is 0.269 e. The van der Waals surface area contributed by atoms with E-state index in [1.807, 2.05) is 0 Å². The minimum Gasteiger partial charge on any atom is -0.396 e. The molecule has 1 aromatic heterocycles. The molecule has 0 aliphatic carbocycles. The van der Waals surface area contributed by atoms with Gasteiger partial charge in [0, 0.05) is 32.3 Å². The van der Waals surface area contributed by atoms with Gasteiger partial charge in [-0.25, -0.2) is 4.98 Å². The van der Waals surface area contributed by atoms with Gasteiger partial charge in [0.2, 0.25) is 0 Å². The molecule has 0 aromatic carbocycles. The molecular weight excluding hydrogens is 198 g/mol. The van der Waals surface area contributed by atoms with Crippen LogP contribution >= 0.6 is 0 Å². The highest BCUT2D eigenvalue weighted by Gasteiger charge is 2.11. The van der Waals surface area contributed by atoms with Crippen LogP contribution in [-0.2, 0) is 12.8 Å². The maximum atomic E-state index is 11.0. The van der Waals surface area contributed by atoms with Gasteiger partial charge < -0.3 is 15.9 Å². The van der Waals surface area contributed by atoms with Gasteiger partial charge in [-0.3, -0.25) is 9.78 Å². The number of aliphatic hydroxyl groups is 2. The molecule has 6 nitrogen and oxygen atoms in total. The smallest absolute Gasteiger partial charge is 0.269 e. The van der Waals surface area contributed by atoms with Crippen LogP contribution in [0, 0.1) is 0 Å². The van der Waals surface area contributed by atoms with Gasteiger partial charge in [0.25, 0.3) is 5.91 Å². The topological polar surface area (TPSA) is 109 Å². The SMILES string of the molecule is NC(=O)c1ncc(CCO)nc1CCO. The fourth-order valence-corrected chi connectivity index (χ4v) is 1.19. The summed E-state index contributed by atoms with van der Waals surface area (Å²) in [4.78, 5) is 18.9. The van der Waals surface area contributed by atoms with Crippen LogP contribution in [-0.4, -0.2) is 39.3 Å². The van der Waals surface area contributed by atoms with Crippen LogP contribution in [0.3, 0.4) is 0 Å². The van der Waals surface area contributed by atoms with Crippen molar-refractivity contribution in [1.29, 1.82) is 0 Å². The number of hydrogen-bond acceptors (Lipinski definition) is 5. The molecule has 1 heterocycles. The molecule has 82 valence electrons. The first-order valence-electron chi connectivity index (χ1n) is 4.55. The minimum absolute atomic E-state index is 0.0385. The Balaban J connectivity index is 3.03. The van der Waals surface area contributed by atoms with E-state index in [4.69, 9.17) is 15.9 Å². The summed E-state index contributed by atoms with van der Waals surface area (Å²) >= 11 is 0. The average Bonchev–Trinajstić information content (AvgIpc) is 2.18. The van der Waals surface area contributed by atoms with Crippen LogP contribution in [0.15, 0.2) is 6.20 Å². The number of rotatable bonds is 5. The molecule has 0 radical (unpaired) electrons. The quantitative estimate of drug-likeness (QED) is 0.557. The minimum atomic E-state index is -0.665. The lowest BCUT2D eigenvalue weighted by Crippen LogP contribution is -2.18. The number of nitrogens with two attached hydrogens (primary N) is 1. The summed E-state index contributed by atoms with van der Waals surface area (Å²) in [7, 11) is 0. The highest BCUT2D eigenvalue weighted by molar-refractivity contribution is 5.91. The van der Waals surface area contributed by atoms with Gasteiger partial charge in [0.1, 0.15) is 5.69 Å². The standard InChI is InChI=1S/C9H13N3O3/c10-9(15)8-7(2-4-14)12-6(1-3-13)5-11-8/h5,13-14H,1-4H2,(H2,10,15). The molecule has 0 fully saturated rings. The highest BCUT2D eigenvalue weighted by Crippen LogP contribution is 2.05. The monoisotopic (exact) mass is 211 g/mol. The Morgan fingerprint density at radius 1 is 1.33 bits per heavy atom. The number of primary amides is 1. The number of hydrogen-bond donors (Lipinski definition) is 3. The van der Waals surface area contributed by atoms with E-state index in [1.54, 1.807) is 0 Å². The Morgan fingerprint density at radius 3 is 2.53 bits per heavy atom. The zero-order valence-corrected chi connectivity index (χ0v) is 8.18. The fraction of sp³-hybridized carbons (Fsp3) is 0.444. The number of aliphatic hydroxyl groups excluding tert-OH is 2. The van der Waals surface area contributed by atoms with Crippen molar-refractivity contribution in [1.82, 2.24) is 9.97 Å². The maximum absolute atomic E-state index is 11.0. The molecule has 0 aliphatic rings. The average molecular weight is 211 g/mol. The predicted octanol–water partition coefficient (Wildman–Crippen LogP) is -1.35. The van der Waals surface area contributed by atoms with Crippen LogP contribution < -0.4 is 5.73 Å². The van der Waals surface area contributed by atoms with Gasteiger partial charge in [-0.05, 0) is 0 Å². The second-order valence-electron chi connectivity index (χ2n) is 2.97. The molecule has 0 unspecified atom stereocenters.